The van der Waals surface area contributed by atoms with Crippen LogP contribution in [-0.4, -0.2) is 20.5 Å². The van der Waals surface area contributed by atoms with Gasteiger partial charge in [-0.15, -0.1) is 0 Å². The van der Waals surface area contributed by atoms with E-state index in [1.54, 1.807) is 0 Å². The number of carbonyl (C=O) groups excluding carboxylic acids is 1. The molecule has 0 bridgehead atoms. The Labute approximate surface area is 141 Å². The monoisotopic (exact) mass is 322 g/mol. The van der Waals surface area contributed by atoms with Gasteiger partial charge in [0.25, 0.3) is 0 Å². The molecule has 24 heavy (non-hydrogen) atoms. The molecule has 2 heterocycles. The number of carbonyl (C=O) groups is 1. The highest BCUT2D eigenvalue weighted by Gasteiger charge is 2.13. The van der Waals surface area contributed by atoms with Gasteiger partial charge in [0, 0.05) is 29.6 Å². The second-order valence-electron chi connectivity index (χ2n) is 6.23. The van der Waals surface area contributed by atoms with Crippen LogP contribution in [0, 0.1) is 27.7 Å². The van der Waals surface area contributed by atoms with Crippen molar-refractivity contribution in [2.24, 2.45) is 0 Å². The lowest BCUT2D eigenvalue weighted by atomic mass is 10.1. The third kappa shape index (κ3) is 3.30. The Bertz CT molecular complexity index is 894. The summed E-state index contributed by atoms with van der Waals surface area (Å²) in [5, 5.41) is 7.41. The fraction of sp³-hybridized carbons (Fsp3) is 0.316. The van der Waals surface area contributed by atoms with Crippen molar-refractivity contribution in [2.45, 2.75) is 40.5 Å². The summed E-state index contributed by atoms with van der Waals surface area (Å²) < 4.78 is 1.86. The number of rotatable bonds is 4. The molecule has 3 aromatic rings. The molecule has 0 spiro atoms. The maximum atomic E-state index is 12.2. The van der Waals surface area contributed by atoms with Gasteiger partial charge in [0.05, 0.1) is 5.69 Å². The third-order valence-electron chi connectivity index (χ3n) is 4.22. The lowest BCUT2D eigenvalue weighted by Crippen LogP contribution is -2.14. The number of aryl methyl sites for hydroxylation is 4. The van der Waals surface area contributed by atoms with Crippen molar-refractivity contribution in [1.82, 2.24) is 14.6 Å². The van der Waals surface area contributed by atoms with Crippen molar-refractivity contribution in [2.75, 3.05) is 5.32 Å². The van der Waals surface area contributed by atoms with Crippen molar-refractivity contribution in [3.63, 3.8) is 0 Å². The van der Waals surface area contributed by atoms with Gasteiger partial charge in [-0.05, 0) is 51.8 Å². The molecule has 0 atom stereocenters. The molecule has 3 rings (SSSR count). The summed E-state index contributed by atoms with van der Waals surface area (Å²) in [7, 11) is 0. The van der Waals surface area contributed by atoms with Gasteiger partial charge in [0.15, 0.2) is 5.65 Å². The predicted molar refractivity (Wildman–Crippen MR) is 95.3 cm³/mol. The minimum Gasteiger partial charge on any atom is -0.326 e. The highest BCUT2D eigenvalue weighted by molar-refractivity contribution is 5.90. The number of nitrogens with one attached hydrogen (secondary N) is 1. The van der Waals surface area contributed by atoms with Crippen LogP contribution in [0.5, 0.6) is 0 Å². The van der Waals surface area contributed by atoms with Crippen LogP contribution in [-0.2, 0) is 11.2 Å². The van der Waals surface area contributed by atoms with Crippen LogP contribution in [0.4, 0.5) is 5.69 Å². The van der Waals surface area contributed by atoms with Gasteiger partial charge < -0.3 is 5.32 Å². The number of anilines is 1. The van der Waals surface area contributed by atoms with Gasteiger partial charge in [-0.1, -0.05) is 17.7 Å². The van der Waals surface area contributed by atoms with Crippen LogP contribution < -0.4 is 5.32 Å². The van der Waals surface area contributed by atoms with E-state index in [-0.39, 0.29) is 5.91 Å². The molecule has 2 aromatic heterocycles. The molecule has 0 radical (unpaired) electrons. The van der Waals surface area contributed by atoms with E-state index in [1.807, 2.05) is 62.5 Å². The van der Waals surface area contributed by atoms with Gasteiger partial charge >= 0.3 is 0 Å². The van der Waals surface area contributed by atoms with Crippen molar-refractivity contribution >= 4 is 17.2 Å². The zero-order valence-corrected chi connectivity index (χ0v) is 14.6. The van der Waals surface area contributed by atoms with Gasteiger partial charge in [-0.2, -0.15) is 5.10 Å². The summed E-state index contributed by atoms with van der Waals surface area (Å²) >= 11 is 0. The molecule has 124 valence electrons. The third-order valence-corrected chi connectivity index (χ3v) is 4.22. The highest BCUT2D eigenvalue weighted by atomic mass is 16.1. The Morgan fingerprint density at radius 1 is 1.12 bits per heavy atom. The molecule has 0 saturated carbocycles. The Hall–Kier alpha value is -2.69. The van der Waals surface area contributed by atoms with Crippen LogP contribution >= 0.6 is 0 Å². The second kappa shape index (κ2) is 6.43. The molecule has 0 fully saturated rings. The summed E-state index contributed by atoms with van der Waals surface area (Å²) in [6.45, 7) is 8.00. The summed E-state index contributed by atoms with van der Waals surface area (Å²) in [4.78, 5) is 16.8. The number of hydrogen-bond acceptors (Lipinski definition) is 3. The summed E-state index contributed by atoms with van der Waals surface area (Å²) in [6, 6.07) is 9.78. The first-order valence-electron chi connectivity index (χ1n) is 8.13. The SMILES string of the molecule is Cc1ccc(NC(=O)CCc2c(C)nc3cc(C)nn3c2C)cc1. The van der Waals surface area contributed by atoms with Crippen LogP contribution in [0.1, 0.15) is 34.6 Å². The van der Waals surface area contributed by atoms with E-state index in [1.165, 1.54) is 5.56 Å². The average molecular weight is 322 g/mol. The van der Waals surface area contributed by atoms with Crippen molar-refractivity contribution in [3.05, 3.63) is 58.5 Å². The summed E-state index contributed by atoms with van der Waals surface area (Å²) in [6.07, 6.45) is 1.07. The van der Waals surface area contributed by atoms with Crippen LogP contribution in [0.25, 0.3) is 5.65 Å². The largest absolute Gasteiger partial charge is 0.326 e. The van der Waals surface area contributed by atoms with E-state index in [0.29, 0.717) is 12.8 Å². The lowest BCUT2D eigenvalue weighted by molar-refractivity contribution is -0.116. The maximum absolute atomic E-state index is 12.2. The minimum atomic E-state index is 0.00870. The van der Waals surface area contributed by atoms with Crippen molar-refractivity contribution in [3.8, 4) is 0 Å². The molecule has 0 unspecified atom stereocenters. The van der Waals surface area contributed by atoms with E-state index in [0.717, 1.165) is 34.0 Å². The molecule has 0 aliphatic carbocycles. The molecule has 1 amide bonds. The van der Waals surface area contributed by atoms with E-state index in [2.05, 4.69) is 15.4 Å². The molecular weight excluding hydrogens is 300 g/mol. The first-order valence-corrected chi connectivity index (χ1v) is 8.13. The molecule has 1 aromatic carbocycles. The molecule has 1 N–H and O–H groups in total. The standard InChI is InChI=1S/C19H22N4O/c1-12-5-7-16(8-6-12)21-19(24)10-9-17-14(3)20-18-11-13(2)22-23(18)15(17)4/h5-8,11H,9-10H2,1-4H3,(H,21,24). The van der Waals surface area contributed by atoms with Gasteiger partial charge in [-0.25, -0.2) is 9.50 Å². The van der Waals surface area contributed by atoms with E-state index < -0.39 is 0 Å². The van der Waals surface area contributed by atoms with E-state index in [9.17, 15) is 4.79 Å². The van der Waals surface area contributed by atoms with Crippen molar-refractivity contribution in [1.29, 1.82) is 0 Å². The van der Waals surface area contributed by atoms with Crippen LogP contribution in [0.3, 0.4) is 0 Å². The van der Waals surface area contributed by atoms with E-state index in [4.69, 9.17) is 0 Å². The molecule has 0 aliphatic rings. The van der Waals surface area contributed by atoms with Gasteiger partial charge in [-0.3, -0.25) is 4.79 Å². The number of aromatic nitrogens is 3. The van der Waals surface area contributed by atoms with Gasteiger partial charge in [0.2, 0.25) is 5.91 Å². The highest BCUT2D eigenvalue weighted by Crippen LogP contribution is 2.17. The minimum absolute atomic E-state index is 0.00870. The lowest BCUT2D eigenvalue weighted by Gasteiger charge is -2.11. The van der Waals surface area contributed by atoms with Gasteiger partial charge in [0.1, 0.15) is 0 Å². The average Bonchev–Trinajstić information content (AvgIpc) is 2.90. The smallest absolute Gasteiger partial charge is 0.224 e. The molecule has 0 aliphatic heterocycles. The zero-order valence-electron chi connectivity index (χ0n) is 14.6. The quantitative estimate of drug-likeness (QED) is 0.799. The van der Waals surface area contributed by atoms with Crippen LogP contribution in [0.15, 0.2) is 30.3 Å². The zero-order chi connectivity index (χ0) is 17.3. The Balaban J connectivity index is 1.73. The second-order valence-corrected chi connectivity index (χ2v) is 6.23. The number of amides is 1. The normalized spacial score (nSPS) is 11.0. The number of hydrogen-bond donors (Lipinski definition) is 1. The Morgan fingerprint density at radius 2 is 1.83 bits per heavy atom. The van der Waals surface area contributed by atoms with Crippen LogP contribution in [0.2, 0.25) is 0 Å². The maximum Gasteiger partial charge on any atom is 0.224 e. The number of benzene rings is 1. The summed E-state index contributed by atoms with van der Waals surface area (Å²) in [5.74, 6) is 0.00870. The fourth-order valence-corrected chi connectivity index (χ4v) is 2.90. The fourth-order valence-electron chi connectivity index (χ4n) is 2.90. The molecule has 0 saturated heterocycles. The predicted octanol–water partition coefficient (Wildman–Crippen LogP) is 3.53. The molecule has 5 nitrogen and oxygen atoms in total. The van der Waals surface area contributed by atoms with E-state index >= 15 is 0 Å². The molecular formula is C19H22N4O. The Kier molecular flexibility index (Phi) is 4.34. The summed E-state index contributed by atoms with van der Waals surface area (Å²) in [5.41, 5.74) is 6.90. The Morgan fingerprint density at radius 3 is 2.54 bits per heavy atom. The first-order chi connectivity index (χ1) is 11.4. The number of fused-ring (bicyclic) bond motifs is 1. The molecule has 5 heteroatoms. The van der Waals surface area contributed by atoms with Crippen molar-refractivity contribution < 1.29 is 4.79 Å². The topological polar surface area (TPSA) is 59.3 Å². The first kappa shape index (κ1) is 16.2. The number of nitrogens with zero attached hydrogens (tertiary/aromatic N) is 3.